The number of amides is 3. The van der Waals surface area contributed by atoms with E-state index in [1.165, 1.54) is 36.0 Å². The molecule has 1 aliphatic carbocycles. The van der Waals surface area contributed by atoms with Crippen LogP contribution in [0.1, 0.15) is 48.4 Å². The summed E-state index contributed by atoms with van der Waals surface area (Å²) in [6.07, 6.45) is -5.15. The topological polar surface area (TPSA) is 107 Å². The van der Waals surface area contributed by atoms with Crippen LogP contribution in [-0.4, -0.2) is 89.6 Å². The fraction of sp³-hybridized carbons (Fsp3) is 0.405. The molecule has 3 aromatic carbocycles. The van der Waals surface area contributed by atoms with E-state index in [1.54, 1.807) is 0 Å². The van der Waals surface area contributed by atoms with E-state index in [2.05, 4.69) is 0 Å². The number of alkyl halides is 3. The van der Waals surface area contributed by atoms with Crippen LogP contribution in [0.15, 0.2) is 72.8 Å². The van der Waals surface area contributed by atoms with Gasteiger partial charge in [-0.2, -0.15) is 13.2 Å². The lowest BCUT2D eigenvalue weighted by Gasteiger charge is -2.36. The van der Waals surface area contributed by atoms with Crippen molar-refractivity contribution in [3.63, 3.8) is 0 Å². The molecule has 12 heteroatoms. The number of rotatable bonds is 9. The third kappa shape index (κ3) is 7.58. The smallest absolute Gasteiger partial charge is 0.416 e. The molecule has 1 fully saturated rings. The van der Waals surface area contributed by atoms with Crippen molar-refractivity contribution in [1.29, 1.82) is 0 Å². The van der Waals surface area contributed by atoms with E-state index < -0.39 is 54.2 Å². The average Bonchev–Trinajstić information content (AvgIpc) is 3.33. The van der Waals surface area contributed by atoms with Gasteiger partial charge in [0.2, 0.25) is 11.8 Å². The van der Waals surface area contributed by atoms with Gasteiger partial charge in [0.1, 0.15) is 25.2 Å². The van der Waals surface area contributed by atoms with Gasteiger partial charge in [0, 0.05) is 33.0 Å². The number of nitrogens with zero attached hydrogens (tertiary/aromatic N) is 3. The number of hydrogen-bond acceptors (Lipinski definition) is 5. The fourth-order valence-electron chi connectivity index (χ4n) is 6.80. The highest BCUT2D eigenvalue weighted by Gasteiger charge is 2.43. The Morgan fingerprint density at radius 1 is 0.918 bits per heavy atom. The van der Waals surface area contributed by atoms with E-state index in [4.69, 9.17) is 4.74 Å². The highest BCUT2D eigenvalue weighted by Crippen LogP contribution is 2.44. The number of ether oxygens (including phenoxy) is 1. The summed E-state index contributed by atoms with van der Waals surface area (Å²) in [5.74, 6) is -2.86. The largest absolute Gasteiger partial charge is 0.480 e. The third-order valence-corrected chi connectivity index (χ3v) is 9.83. The fourth-order valence-corrected chi connectivity index (χ4v) is 6.80. The molecule has 4 atom stereocenters. The molecule has 1 aliphatic heterocycles. The highest BCUT2D eigenvalue weighted by atomic mass is 19.4. The molecule has 2 aliphatic rings. The second-order valence-electron chi connectivity index (χ2n) is 13.1. The third-order valence-electron chi connectivity index (χ3n) is 9.83. The molecule has 1 unspecified atom stereocenters. The number of fused-ring (bicyclic) bond motifs is 3. The molecule has 0 spiro atoms. The number of hydrogen-bond donors (Lipinski definition) is 1. The van der Waals surface area contributed by atoms with E-state index in [0.29, 0.717) is 5.56 Å². The Bertz CT molecular complexity index is 1670. The molecule has 0 saturated carbocycles. The first-order valence-electron chi connectivity index (χ1n) is 16.2. The van der Waals surface area contributed by atoms with Crippen molar-refractivity contribution in [3.8, 4) is 11.1 Å². The first-order valence-corrected chi connectivity index (χ1v) is 16.2. The van der Waals surface area contributed by atoms with Gasteiger partial charge >= 0.3 is 18.2 Å². The van der Waals surface area contributed by atoms with Crippen LogP contribution in [0.5, 0.6) is 0 Å². The number of likely N-dealkylation sites (N-methyl/N-ethyl adjacent to an activating group) is 2. The summed E-state index contributed by atoms with van der Waals surface area (Å²) in [5, 5.41) is 9.37. The Morgan fingerprint density at radius 2 is 1.49 bits per heavy atom. The molecule has 49 heavy (non-hydrogen) atoms. The normalized spacial score (nSPS) is 19.8. The van der Waals surface area contributed by atoms with Crippen molar-refractivity contribution >= 4 is 23.9 Å². The molecule has 0 radical (unpaired) electrons. The summed E-state index contributed by atoms with van der Waals surface area (Å²) in [7, 11) is 2.77. The first kappa shape index (κ1) is 35.4. The van der Waals surface area contributed by atoms with E-state index in [-0.39, 0.29) is 43.7 Å². The zero-order valence-corrected chi connectivity index (χ0v) is 27.8. The van der Waals surface area contributed by atoms with Crippen LogP contribution in [0.3, 0.4) is 0 Å². The summed E-state index contributed by atoms with van der Waals surface area (Å²) < 4.78 is 45.6. The van der Waals surface area contributed by atoms with Crippen LogP contribution in [0.4, 0.5) is 18.0 Å². The number of halogens is 3. The Balaban J connectivity index is 1.40. The van der Waals surface area contributed by atoms with Crippen LogP contribution in [0, 0.1) is 11.8 Å². The van der Waals surface area contributed by atoms with Gasteiger partial charge in [-0.1, -0.05) is 74.5 Å². The second-order valence-corrected chi connectivity index (χ2v) is 13.1. The average molecular weight is 680 g/mol. The minimum Gasteiger partial charge on any atom is -0.480 e. The number of carbonyl (C=O) groups is 4. The monoisotopic (exact) mass is 679 g/mol. The van der Waals surface area contributed by atoms with Crippen LogP contribution in [0.25, 0.3) is 11.1 Å². The number of carboxylic acids is 1. The van der Waals surface area contributed by atoms with Gasteiger partial charge < -0.3 is 19.6 Å². The van der Waals surface area contributed by atoms with Crippen molar-refractivity contribution in [2.75, 3.05) is 33.8 Å². The van der Waals surface area contributed by atoms with Gasteiger partial charge in [-0.25, -0.2) is 4.79 Å². The minimum atomic E-state index is -4.56. The lowest BCUT2D eigenvalue weighted by molar-refractivity contribution is -0.150. The Labute approximate surface area is 283 Å². The van der Waals surface area contributed by atoms with E-state index >= 15 is 0 Å². The Kier molecular flexibility index (Phi) is 10.4. The SMILES string of the molecule is C[C@@H]1C[C@H](N(C)C(=O)OCC2c3ccccc3-c3ccccc32)C(=O)N(C(Cc2ccc(C(F)(F)F)cc2)C(=O)N(C)CC(=O)O)C[C@@H]1C. The van der Waals surface area contributed by atoms with E-state index in [9.17, 15) is 37.5 Å². The predicted octanol–water partition coefficient (Wildman–Crippen LogP) is 5.91. The standard InChI is InChI=1S/C37H40F3N3O6/c1-22-17-31(42(4)36(48)49-21-30-28-11-7-5-9-26(28)27-10-6-8-12-29(27)30)35(47)43(19-23(22)2)32(34(46)41(3)20-33(44)45)18-24-13-15-25(16-14-24)37(38,39)40/h5-16,22-23,30-32H,17-21H2,1-4H3,(H,44,45)/t22-,23+,31+,32?/m1/s1. The summed E-state index contributed by atoms with van der Waals surface area (Å²) in [4.78, 5) is 56.9. The summed E-state index contributed by atoms with van der Waals surface area (Å²) in [6.45, 7) is 3.39. The van der Waals surface area contributed by atoms with Gasteiger partial charge in [0.05, 0.1) is 5.56 Å². The molecular formula is C37H40F3N3O6. The number of carboxylic acid groups (broad SMARTS) is 1. The van der Waals surface area contributed by atoms with Crippen molar-refractivity contribution < 1.29 is 42.2 Å². The molecule has 1 saturated heterocycles. The van der Waals surface area contributed by atoms with Gasteiger partial charge in [-0.3, -0.25) is 19.3 Å². The van der Waals surface area contributed by atoms with E-state index in [1.807, 2.05) is 62.4 Å². The number of carbonyl (C=O) groups excluding carboxylic acids is 3. The Hall–Kier alpha value is -4.87. The maximum Gasteiger partial charge on any atom is 0.416 e. The van der Waals surface area contributed by atoms with Gasteiger partial charge in [0.15, 0.2) is 0 Å². The lowest BCUT2D eigenvalue weighted by Crippen LogP contribution is -2.57. The zero-order valence-electron chi connectivity index (χ0n) is 27.8. The molecule has 0 bridgehead atoms. The number of benzene rings is 3. The van der Waals surface area contributed by atoms with Crippen LogP contribution in [0.2, 0.25) is 0 Å². The van der Waals surface area contributed by atoms with Crippen molar-refractivity contribution in [2.24, 2.45) is 11.8 Å². The van der Waals surface area contributed by atoms with Crippen LogP contribution >= 0.6 is 0 Å². The van der Waals surface area contributed by atoms with Crippen LogP contribution < -0.4 is 0 Å². The van der Waals surface area contributed by atoms with Gasteiger partial charge in [0.25, 0.3) is 0 Å². The van der Waals surface area contributed by atoms with Gasteiger partial charge in [-0.05, 0) is 58.2 Å². The van der Waals surface area contributed by atoms with Crippen LogP contribution in [-0.2, 0) is 31.7 Å². The zero-order chi connectivity index (χ0) is 35.6. The predicted molar refractivity (Wildman–Crippen MR) is 175 cm³/mol. The highest BCUT2D eigenvalue weighted by molar-refractivity contribution is 5.92. The maximum atomic E-state index is 14.4. The summed E-state index contributed by atoms with van der Waals surface area (Å²) >= 11 is 0. The molecule has 1 N–H and O–H groups in total. The number of aliphatic carboxylic acids is 1. The molecule has 260 valence electrons. The molecule has 9 nitrogen and oxygen atoms in total. The molecule has 5 rings (SSSR count). The second kappa shape index (κ2) is 14.3. The quantitative estimate of drug-likeness (QED) is 0.301. The molecule has 3 aromatic rings. The lowest BCUT2D eigenvalue weighted by atomic mass is 9.91. The van der Waals surface area contributed by atoms with E-state index in [0.717, 1.165) is 39.3 Å². The maximum absolute atomic E-state index is 14.4. The molecular weight excluding hydrogens is 639 g/mol. The molecule has 1 heterocycles. The Morgan fingerprint density at radius 3 is 2.04 bits per heavy atom. The van der Waals surface area contributed by atoms with Gasteiger partial charge in [-0.15, -0.1) is 0 Å². The molecule has 0 aromatic heterocycles. The van der Waals surface area contributed by atoms with Crippen molar-refractivity contribution in [1.82, 2.24) is 14.7 Å². The van der Waals surface area contributed by atoms with Crippen molar-refractivity contribution in [2.45, 2.75) is 50.9 Å². The first-order chi connectivity index (χ1) is 23.2. The minimum absolute atomic E-state index is 0.0444. The molecule has 3 amide bonds. The summed E-state index contributed by atoms with van der Waals surface area (Å²) in [5.41, 5.74) is 3.71. The van der Waals surface area contributed by atoms with Crippen molar-refractivity contribution in [3.05, 3.63) is 95.1 Å². The number of likely N-dealkylation sites (tertiary alicyclic amines) is 1. The summed E-state index contributed by atoms with van der Waals surface area (Å²) in [6, 6.07) is 17.9.